The molecule has 0 unspecified atom stereocenters. The third-order valence-electron chi connectivity index (χ3n) is 2.20. The topological polar surface area (TPSA) is 0 Å². The van der Waals surface area contributed by atoms with Gasteiger partial charge in [-0.3, -0.25) is 0 Å². The van der Waals surface area contributed by atoms with E-state index in [2.05, 4.69) is 28.6 Å². The lowest BCUT2D eigenvalue weighted by Crippen LogP contribution is -1.85. The second-order valence-corrected chi connectivity index (χ2v) is 5.31. The van der Waals surface area contributed by atoms with Gasteiger partial charge in [0.05, 0.1) is 10.0 Å². The van der Waals surface area contributed by atoms with E-state index in [0.29, 0.717) is 14.9 Å². The molecule has 2 rings (SSSR count). The Morgan fingerprint density at radius 1 is 1.06 bits per heavy atom. The van der Waals surface area contributed by atoms with Crippen LogP contribution in [-0.2, 0) is 0 Å². The largest absolute Gasteiger partial charge is 0.142 e. The van der Waals surface area contributed by atoms with Crippen molar-refractivity contribution in [1.82, 2.24) is 0 Å². The minimum atomic E-state index is 0.603. The Balaban J connectivity index is 2.74. The van der Waals surface area contributed by atoms with Gasteiger partial charge in [0, 0.05) is 14.9 Å². The van der Waals surface area contributed by atoms with E-state index in [1.807, 2.05) is 30.3 Å². The molecular formula is C12H7BrCl2S. The number of hydrogen-bond acceptors (Lipinski definition) is 1. The van der Waals surface area contributed by atoms with E-state index in [9.17, 15) is 0 Å². The predicted molar refractivity (Wildman–Crippen MR) is 76.9 cm³/mol. The quantitative estimate of drug-likeness (QED) is 0.501. The Bertz CT molecular complexity index is 500. The van der Waals surface area contributed by atoms with Crippen molar-refractivity contribution < 1.29 is 0 Å². The fourth-order valence-corrected chi connectivity index (χ4v) is 2.88. The molecule has 0 heterocycles. The van der Waals surface area contributed by atoms with Crippen LogP contribution in [0.15, 0.2) is 45.8 Å². The smallest absolute Gasteiger partial charge is 0.0630 e. The summed E-state index contributed by atoms with van der Waals surface area (Å²) >= 11 is 20.1. The van der Waals surface area contributed by atoms with Crippen LogP contribution >= 0.6 is 51.8 Å². The van der Waals surface area contributed by atoms with Crippen LogP contribution in [0.3, 0.4) is 0 Å². The molecule has 0 saturated carbocycles. The SMILES string of the molecule is Sc1cc(Cl)c(Br)c(-c2ccccc2)c1Cl. The highest BCUT2D eigenvalue weighted by Crippen LogP contribution is 2.42. The summed E-state index contributed by atoms with van der Waals surface area (Å²) in [5, 5.41) is 1.21. The van der Waals surface area contributed by atoms with Crippen molar-refractivity contribution in [3.05, 3.63) is 50.9 Å². The molecule has 0 radical (unpaired) electrons. The molecule has 2 aromatic rings. The molecule has 0 aromatic heterocycles. The average Bonchev–Trinajstić information content (AvgIpc) is 2.28. The molecule has 0 N–H and O–H groups in total. The summed E-state index contributed by atoms with van der Waals surface area (Å²) in [6, 6.07) is 11.6. The molecular weight excluding hydrogens is 327 g/mol. The molecule has 0 amide bonds. The Labute approximate surface area is 118 Å². The van der Waals surface area contributed by atoms with Crippen LogP contribution in [-0.4, -0.2) is 0 Å². The molecule has 4 heteroatoms. The molecule has 2 aromatic carbocycles. The van der Waals surface area contributed by atoms with Gasteiger partial charge in [-0.05, 0) is 27.6 Å². The van der Waals surface area contributed by atoms with Crippen molar-refractivity contribution in [2.75, 3.05) is 0 Å². The highest BCUT2D eigenvalue weighted by atomic mass is 79.9. The fraction of sp³-hybridized carbons (Fsp3) is 0. The second kappa shape index (κ2) is 5.01. The van der Waals surface area contributed by atoms with Gasteiger partial charge in [0.25, 0.3) is 0 Å². The van der Waals surface area contributed by atoms with Gasteiger partial charge in [0.2, 0.25) is 0 Å². The van der Waals surface area contributed by atoms with Crippen LogP contribution in [0, 0.1) is 0 Å². The number of thiol groups is 1. The van der Waals surface area contributed by atoms with E-state index >= 15 is 0 Å². The van der Waals surface area contributed by atoms with Crippen molar-refractivity contribution in [1.29, 1.82) is 0 Å². The van der Waals surface area contributed by atoms with E-state index < -0.39 is 0 Å². The summed E-state index contributed by atoms with van der Waals surface area (Å²) in [4.78, 5) is 0.675. The molecule has 82 valence electrons. The molecule has 0 aliphatic heterocycles. The highest BCUT2D eigenvalue weighted by molar-refractivity contribution is 9.10. The first-order valence-corrected chi connectivity index (χ1v) is 6.52. The summed E-state index contributed by atoms with van der Waals surface area (Å²) < 4.78 is 0.795. The average molecular weight is 334 g/mol. The van der Waals surface area contributed by atoms with Crippen molar-refractivity contribution in [2.45, 2.75) is 4.90 Å². The van der Waals surface area contributed by atoms with Crippen molar-refractivity contribution in [3.8, 4) is 11.1 Å². The van der Waals surface area contributed by atoms with E-state index in [0.717, 1.165) is 15.6 Å². The number of rotatable bonds is 1. The second-order valence-electron chi connectivity index (χ2n) is 3.25. The van der Waals surface area contributed by atoms with Crippen LogP contribution < -0.4 is 0 Å². The normalized spacial score (nSPS) is 10.5. The number of hydrogen-bond donors (Lipinski definition) is 1. The first-order chi connectivity index (χ1) is 7.61. The Hall–Kier alpha value is -0.150. The number of benzene rings is 2. The standard InChI is InChI=1S/C12H7BrCl2S/c13-11-8(14)6-9(16)12(15)10(11)7-4-2-1-3-5-7/h1-6,16H. The summed E-state index contributed by atoms with van der Waals surface area (Å²) in [5.74, 6) is 0. The molecule has 0 aliphatic carbocycles. The minimum absolute atomic E-state index is 0.603. The van der Waals surface area contributed by atoms with Crippen LogP contribution in [0.2, 0.25) is 10.0 Å². The molecule has 0 nitrogen and oxygen atoms in total. The number of halogens is 3. The zero-order valence-electron chi connectivity index (χ0n) is 8.05. The van der Waals surface area contributed by atoms with Gasteiger partial charge >= 0.3 is 0 Å². The van der Waals surface area contributed by atoms with Gasteiger partial charge in [0.1, 0.15) is 0 Å². The van der Waals surface area contributed by atoms with Gasteiger partial charge < -0.3 is 0 Å². The van der Waals surface area contributed by atoms with E-state index in [1.165, 1.54) is 0 Å². The Kier molecular flexibility index (Phi) is 3.85. The zero-order valence-corrected chi connectivity index (χ0v) is 12.0. The monoisotopic (exact) mass is 332 g/mol. The van der Waals surface area contributed by atoms with E-state index in [4.69, 9.17) is 23.2 Å². The maximum Gasteiger partial charge on any atom is 0.0630 e. The molecule has 0 fully saturated rings. The Morgan fingerprint density at radius 2 is 1.69 bits per heavy atom. The maximum atomic E-state index is 6.24. The van der Waals surface area contributed by atoms with Crippen molar-refractivity contribution in [3.63, 3.8) is 0 Å². The van der Waals surface area contributed by atoms with Crippen molar-refractivity contribution >= 4 is 51.8 Å². The fourth-order valence-electron chi connectivity index (χ4n) is 1.45. The van der Waals surface area contributed by atoms with Crippen LogP contribution in [0.5, 0.6) is 0 Å². The van der Waals surface area contributed by atoms with Gasteiger partial charge in [0.15, 0.2) is 0 Å². The van der Waals surface area contributed by atoms with E-state index in [-0.39, 0.29) is 0 Å². The van der Waals surface area contributed by atoms with Crippen LogP contribution in [0.25, 0.3) is 11.1 Å². The third kappa shape index (κ3) is 2.25. The van der Waals surface area contributed by atoms with E-state index in [1.54, 1.807) is 6.07 Å². The lowest BCUT2D eigenvalue weighted by atomic mass is 10.1. The van der Waals surface area contributed by atoms with Gasteiger partial charge in [-0.1, -0.05) is 53.5 Å². The molecule has 0 aliphatic rings. The predicted octanol–water partition coefficient (Wildman–Crippen LogP) is 5.71. The lowest BCUT2D eigenvalue weighted by Gasteiger charge is -2.11. The minimum Gasteiger partial charge on any atom is -0.142 e. The van der Waals surface area contributed by atoms with Crippen molar-refractivity contribution in [2.24, 2.45) is 0 Å². The van der Waals surface area contributed by atoms with Gasteiger partial charge in [-0.25, -0.2) is 0 Å². The molecule has 0 spiro atoms. The van der Waals surface area contributed by atoms with Crippen LogP contribution in [0.1, 0.15) is 0 Å². The van der Waals surface area contributed by atoms with Crippen LogP contribution in [0.4, 0.5) is 0 Å². The molecule has 0 saturated heterocycles. The highest BCUT2D eigenvalue weighted by Gasteiger charge is 2.14. The molecule has 0 atom stereocenters. The summed E-state index contributed by atoms with van der Waals surface area (Å²) in [6.07, 6.45) is 0. The summed E-state index contributed by atoms with van der Waals surface area (Å²) in [6.45, 7) is 0. The lowest BCUT2D eigenvalue weighted by molar-refractivity contribution is 1.44. The maximum absolute atomic E-state index is 6.24. The summed E-state index contributed by atoms with van der Waals surface area (Å²) in [5.41, 5.74) is 1.89. The summed E-state index contributed by atoms with van der Waals surface area (Å²) in [7, 11) is 0. The molecule has 16 heavy (non-hydrogen) atoms. The third-order valence-corrected chi connectivity index (χ3v) is 4.43. The zero-order chi connectivity index (χ0) is 11.7. The van der Waals surface area contributed by atoms with Gasteiger partial charge in [-0.2, -0.15) is 0 Å². The first kappa shape index (κ1) is 12.3. The molecule has 0 bridgehead atoms. The van der Waals surface area contributed by atoms with Gasteiger partial charge in [-0.15, -0.1) is 12.6 Å². The Morgan fingerprint density at radius 3 is 2.31 bits per heavy atom. The first-order valence-electron chi connectivity index (χ1n) is 4.53.